The Bertz CT molecular complexity index is 583. The van der Waals surface area contributed by atoms with Gasteiger partial charge in [0.05, 0.1) is 17.1 Å². The van der Waals surface area contributed by atoms with Crippen molar-refractivity contribution in [2.75, 3.05) is 7.11 Å². The molecule has 0 N–H and O–H groups in total. The van der Waals surface area contributed by atoms with Crippen LogP contribution in [0, 0.1) is 0 Å². The van der Waals surface area contributed by atoms with Crippen molar-refractivity contribution in [3.8, 4) is 0 Å². The molecule has 0 fully saturated rings. The van der Waals surface area contributed by atoms with E-state index in [2.05, 4.69) is 4.98 Å². The highest BCUT2D eigenvalue weighted by atomic mass is 35.5. The van der Waals surface area contributed by atoms with Gasteiger partial charge in [0.2, 0.25) is 0 Å². The lowest BCUT2D eigenvalue weighted by molar-refractivity contribution is -0.140. The summed E-state index contributed by atoms with van der Waals surface area (Å²) >= 11 is 5.86. The van der Waals surface area contributed by atoms with Gasteiger partial charge >= 0.3 is 6.18 Å². The van der Waals surface area contributed by atoms with Crippen molar-refractivity contribution in [2.45, 2.75) is 12.8 Å². The first-order valence-corrected chi connectivity index (χ1v) is 5.45. The van der Waals surface area contributed by atoms with Gasteiger partial charge in [0.25, 0.3) is 0 Å². The Morgan fingerprint density at radius 3 is 2.67 bits per heavy atom. The van der Waals surface area contributed by atoms with Gasteiger partial charge in [-0.2, -0.15) is 13.2 Å². The largest absolute Gasteiger partial charge is 0.433 e. The molecule has 0 aliphatic heterocycles. The maximum absolute atomic E-state index is 12.7. The Labute approximate surface area is 106 Å². The van der Waals surface area contributed by atoms with Crippen LogP contribution in [0.1, 0.15) is 11.3 Å². The molecule has 0 saturated heterocycles. The number of methoxy groups -OCH3 is 1. The van der Waals surface area contributed by atoms with Crippen molar-refractivity contribution >= 4 is 22.5 Å². The number of hydrogen-bond donors (Lipinski definition) is 0. The van der Waals surface area contributed by atoms with E-state index in [4.69, 9.17) is 16.3 Å². The zero-order chi connectivity index (χ0) is 13.3. The molecule has 1 aromatic carbocycles. The van der Waals surface area contributed by atoms with Crippen LogP contribution in [0.4, 0.5) is 13.2 Å². The Kier molecular flexibility index (Phi) is 3.45. The predicted molar refractivity (Wildman–Crippen MR) is 62.5 cm³/mol. The summed E-state index contributed by atoms with van der Waals surface area (Å²) in [5.41, 5.74) is -0.203. The number of fused-ring (bicyclic) bond motifs is 1. The Morgan fingerprint density at radius 2 is 2.06 bits per heavy atom. The van der Waals surface area contributed by atoms with E-state index >= 15 is 0 Å². The van der Waals surface area contributed by atoms with E-state index in [1.807, 2.05) is 0 Å². The number of alkyl halides is 3. The van der Waals surface area contributed by atoms with Gasteiger partial charge in [0.1, 0.15) is 5.69 Å². The number of benzene rings is 1. The molecule has 0 amide bonds. The second-order valence-corrected chi connectivity index (χ2v) is 4.14. The lowest BCUT2D eigenvalue weighted by Gasteiger charge is -2.11. The third kappa shape index (κ3) is 2.42. The lowest BCUT2D eigenvalue weighted by Crippen LogP contribution is -2.08. The van der Waals surface area contributed by atoms with E-state index in [-0.39, 0.29) is 17.1 Å². The van der Waals surface area contributed by atoms with Crippen LogP contribution in [0.25, 0.3) is 10.9 Å². The monoisotopic (exact) mass is 275 g/mol. The normalized spacial score (nSPS) is 12.1. The predicted octanol–water partition coefficient (Wildman–Crippen LogP) is 4.05. The number of rotatable bonds is 2. The topological polar surface area (TPSA) is 22.1 Å². The summed E-state index contributed by atoms with van der Waals surface area (Å²) in [6, 6.07) is 5.83. The minimum absolute atomic E-state index is 0.0327. The number of nitrogens with zero attached hydrogens (tertiary/aromatic N) is 1. The third-order valence-electron chi connectivity index (χ3n) is 2.46. The number of pyridine rings is 1. The van der Waals surface area contributed by atoms with Gasteiger partial charge < -0.3 is 4.74 Å². The minimum Gasteiger partial charge on any atom is -0.380 e. The zero-order valence-electron chi connectivity index (χ0n) is 9.38. The van der Waals surface area contributed by atoms with Gasteiger partial charge in [0.15, 0.2) is 0 Å². The highest BCUT2D eigenvalue weighted by molar-refractivity contribution is 6.35. The molecule has 0 bridgehead atoms. The van der Waals surface area contributed by atoms with Crippen molar-refractivity contribution in [1.82, 2.24) is 4.98 Å². The quantitative estimate of drug-likeness (QED) is 0.825. The first-order chi connectivity index (χ1) is 8.43. The molecule has 96 valence electrons. The molecule has 1 aromatic heterocycles. The van der Waals surface area contributed by atoms with Gasteiger partial charge in [0, 0.05) is 18.1 Å². The molecule has 0 aliphatic carbocycles. The molecule has 1 heterocycles. The first-order valence-electron chi connectivity index (χ1n) is 5.07. The molecule has 0 spiro atoms. The number of aromatic nitrogens is 1. The summed E-state index contributed by atoms with van der Waals surface area (Å²) in [5, 5.41) is 0.518. The van der Waals surface area contributed by atoms with Gasteiger partial charge in [-0.25, -0.2) is 4.98 Å². The molecule has 0 saturated carbocycles. The molecule has 0 unspecified atom stereocenters. The minimum atomic E-state index is -4.52. The van der Waals surface area contributed by atoms with E-state index in [1.54, 1.807) is 18.2 Å². The van der Waals surface area contributed by atoms with Gasteiger partial charge in [-0.15, -0.1) is 0 Å². The van der Waals surface area contributed by atoms with E-state index in [0.29, 0.717) is 10.9 Å². The fourth-order valence-corrected chi connectivity index (χ4v) is 1.94. The van der Waals surface area contributed by atoms with Crippen LogP contribution in [-0.4, -0.2) is 12.1 Å². The molecule has 0 atom stereocenters. The van der Waals surface area contributed by atoms with Crippen LogP contribution in [0.2, 0.25) is 5.02 Å². The Balaban J connectivity index is 2.72. The average Bonchev–Trinajstić information content (AvgIpc) is 2.29. The van der Waals surface area contributed by atoms with Crippen molar-refractivity contribution in [1.29, 1.82) is 0 Å². The van der Waals surface area contributed by atoms with Crippen LogP contribution in [0.15, 0.2) is 24.3 Å². The van der Waals surface area contributed by atoms with Gasteiger partial charge in [-0.1, -0.05) is 29.8 Å². The molecule has 6 heteroatoms. The molecule has 2 aromatic rings. The smallest absolute Gasteiger partial charge is 0.380 e. The van der Waals surface area contributed by atoms with Crippen molar-refractivity contribution in [3.63, 3.8) is 0 Å². The van der Waals surface area contributed by atoms with E-state index in [1.165, 1.54) is 7.11 Å². The van der Waals surface area contributed by atoms with Crippen molar-refractivity contribution in [3.05, 3.63) is 40.5 Å². The van der Waals surface area contributed by atoms with Crippen LogP contribution in [-0.2, 0) is 17.5 Å². The van der Waals surface area contributed by atoms with E-state index in [0.717, 1.165) is 6.07 Å². The number of ether oxygens (including phenoxy) is 1. The maximum Gasteiger partial charge on any atom is 0.433 e. The highest BCUT2D eigenvalue weighted by Crippen LogP contribution is 2.33. The van der Waals surface area contributed by atoms with Crippen molar-refractivity contribution < 1.29 is 17.9 Å². The van der Waals surface area contributed by atoms with E-state index < -0.39 is 11.9 Å². The number of para-hydroxylation sites is 1. The fraction of sp³-hybridized carbons (Fsp3) is 0.250. The molecule has 2 nitrogen and oxygen atoms in total. The molecule has 0 aliphatic rings. The molecular weight excluding hydrogens is 267 g/mol. The Morgan fingerprint density at radius 1 is 1.33 bits per heavy atom. The van der Waals surface area contributed by atoms with Gasteiger partial charge in [-0.3, -0.25) is 0 Å². The van der Waals surface area contributed by atoms with Gasteiger partial charge in [-0.05, 0) is 6.07 Å². The second kappa shape index (κ2) is 4.74. The van der Waals surface area contributed by atoms with Crippen LogP contribution >= 0.6 is 11.6 Å². The summed E-state index contributed by atoms with van der Waals surface area (Å²) < 4.78 is 42.9. The first kappa shape index (κ1) is 13.1. The van der Waals surface area contributed by atoms with E-state index in [9.17, 15) is 13.2 Å². The fourth-order valence-electron chi connectivity index (χ4n) is 1.68. The lowest BCUT2D eigenvalue weighted by atomic mass is 10.1. The number of hydrogen-bond acceptors (Lipinski definition) is 2. The highest BCUT2D eigenvalue weighted by Gasteiger charge is 2.33. The summed E-state index contributed by atoms with van der Waals surface area (Å²) in [6.45, 7) is 0.183. The molecular formula is C12H9ClF3NO. The van der Waals surface area contributed by atoms with Crippen LogP contribution in [0.5, 0.6) is 0 Å². The molecule has 0 radical (unpaired) electrons. The zero-order valence-corrected chi connectivity index (χ0v) is 10.1. The Hall–Kier alpha value is -1.33. The number of halogens is 4. The summed E-state index contributed by atoms with van der Waals surface area (Å²) in [4.78, 5) is 3.64. The standard InChI is InChI=1S/C12H9ClF3NO/c1-18-6-7-3-2-4-8-9(13)5-10(12(14,15)16)17-11(7)8/h2-5H,6H2,1H3. The maximum atomic E-state index is 12.7. The SMILES string of the molecule is COCc1cccc2c(Cl)cc(C(F)(F)F)nc12. The molecule has 2 rings (SSSR count). The summed E-state index contributed by atoms with van der Waals surface area (Å²) in [6.07, 6.45) is -4.52. The van der Waals surface area contributed by atoms with Crippen LogP contribution in [0.3, 0.4) is 0 Å². The van der Waals surface area contributed by atoms with Crippen LogP contribution < -0.4 is 0 Å². The average molecular weight is 276 g/mol. The molecule has 18 heavy (non-hydrogen) atoms. The summed E-state index contributed by atoms with van der Waals surface area (Å²) in [7, 11) is 1.47. The summed E-state index contributed by atoms with van der Waals surface area (Å²) in [5.74, 6) is 0. The third-order valence-corrected chi connectivity index (χ3v) is 2.78. The van der Waals surface area contributed by atoms with Crippen molar-refractivity contribution in [2.24, 2.45) is 0 Å². The second-order valence-electron chi connectivity index (χ2n) is 3.73.